The summed E-state index contributed by atoms with van der Waals surface area (Å²) in [5.74, 6) is -0.924. The third-order valence-electron chi connectivity index (χ3n) is 2.55. The predicted molar refractivity (Wildman–Crippen MR) is 72.9 cm³/mol. The van der Waals surface area contributed by atoms with Crippen molar-refractivity contribution in [3.63, 3.8) is 0 Å². The lowest BCUT2D eigenvalue weighted by Crippen LogP contribution is -2.12. The Morgan fingerprint density at radius 1 is 1.39 bits per heavy atom. The number of rotatable bonds is 4. The molecule has 0 aliphatic carbocycles. The molecule has 0 radical (unpaired) electrons. The van der Waals surface area contributed by atoms with Gasteiger partial charge in [-0.3, -0.25) is 0 Å². The van der Waals surface area contributed by atoms with E-state index in [1.54, 1.807) is 0 Å². The van der Waals surface area contributed by atoms with Crippen LogP contribution in [0.2, 0.25) is 15.1 Å². The van der Waals surface area contributed by atoms with Crippen LogP contribution in [-0.2, 0) is 4.74 Å². The summed E-state index contributed by atoms with van der Waals surface area (Å²) in [6.07, 6.45) is 0.878. The number of phenols is 1. The van der Waals surface area contributed by atoms with E-state index in [2.05, 4.69) is 0 Å². The Balaban J connectivity index is 2.99. The van der Waals surface area contributed by atoms with E-state index in [1.165, 1.54) is 6.07 Å². The molecule has 100 valence electrons. The van der Waals surface area contributed by atoms with Crippen molar-refractivity contribution in [1.82, 2.24) is 0 Å². The fraction of sp³-hybridized carbons (Fsp3) is 0.417. The zero-order chi connectivity index (χ0) is 13.9. The highest BCUT2D eigenvalue weighted by atomic mass is 35.5. The van der Waals surface area contributed by atoms with Gasteiger partial charge < -0.3 is 9.84 Å². The average molecular weight is 312 g/mol. The molecule has 0 spiro atoms. The number of carbonyl (C=O) groups is 1. The van der Waals surface area contributed by atoms with Gasteiger partial charge in [0.1, 0.15) is 11.3 Å². The van der Waals surface area contributed by atoms with Gasteiger partial charge in [-0.15, -0.1) is 0 Å². The molecule has 1 unspecified atom stereocenters. The van der Waals surface area contributed by atoms with Gasteiger partial charge in [0, 0.05) is 0 Å². The van der Waals surface area contributed by atoms with E-state index in [9.17, 15) is 9.90 Å². The van der Waals surface area contributed by atoms with Gasteiger partial charge in [0.05, 0.1) is 21.7 Å². The van der Waals surface area contributed by atoms with Gasteiger partial charge in [-0.1, -0.05) is 55.1 Å². The Hall–Kier alpha value is -0.640. The lowest BCUT2D eigenvalue weighted by atomic mass is 10.1. The summed E-state index contributed by atoms with van der Waals surface area (Å²) in [7, 11) is 0. The fourth-order valence-corrected chi connectivity index (χ4v) is 1.86. The molecule has 0 aliphatic rings. The number of benzene rings is 1. The lowest BCUT2D eigenvalue weighted by Gasteiger charge is -2.12. The molecule has 1 atom stereocenters. The molecule has 0 aliphatic heterocycles. The standard InChI is InChI=1S/C12H13Cl3O3/c1-3-6(2)5-18-12(17)9-10(15)7(13)4-8(14)11(9)16/h4,6,16H,3,5H2,1-2H3. The van der Waals surface area contributed by atoms with Crippen LogP contribution in [0.1, 0.15) is 30.6 Å². The van der Waals surface area contributed by atoms with Gasteiger partial charge in [0.2, 0.25) is 0 Å². The summed E-state index contributed by atoms with van der Waals surface area (Å²) in [6, 6.07) is 1.27. The van der Waals surface area contributed by atoms with Crippen LogP contribution in [0.5, 0.6) is 5.75 Å². The molecule has 1 rings (SSSR count). The quantitative estimate of drug-likeness (QED) is 0.655. The summed E-state index contributed by atoms with van der Waals surface area (Å²) in [4.78, 5) is 11.8. The van der Waals surface area contributed by atoms with Crippen LogP contribution in [0, 0.1) is 5.92 Å². The number of ether oxygens (including phenoxy) is 1. The van der Waals surface area contributed by atoms with Crippen molar-refractivity contribution in [2.75, 3.05) is 6.61 Å². The number of carbonyl (C=O) groups excluding carboxylic acids is 1. The van der Waals surface area contributed by atoms with Crippen molar-refractivity contribution in [2.24, 2.45) is 5.92 Å². The van der Waals surface area contributed by atoms with E-state index in [1.807, 2.05) is 13.8 Å². The SMILES string of the molecule is CCC(C)COC(=O)c1c(O)c(Cl)cc(Cl)c1Cl. The zero-order valence-electron chi connectivity index (χ0n) is 9.97. The number of esters is 1. The molecule has 1 aromatic rings. The summed E-state index contributed by atoms with van der Waals surface area (Å²) in [6.45, 7) is 4.17. The number of halogens is 3. The first-order valence-corrected chi connectivity index (χ1v) is 6.55. The summed E-state index contributed by atoms with van der Waals surface area (Å²) >= 11 is 17.4. The first kappa shape index (κ1) is 15.4. The Morgan fingerprint density at radius 2 is 2.00 bits per heavy atom. The van der Waals surface area contributed by atoms with Crippen molar-refractivity contribution < 1.29 is 14.6 Å². The zero-order valence-corrected chi connectivity index (χ0v) is 12.2. The first-order chi connectivity index (χ1) is 8.38. The van der Waals surface area contributed by atoms with Crippen molar-refractivity contribution in [3.05, 3.63) is 26.7 Å². The van der Waals surface area contributed by atoms with Crippen LogP contribution in [0.25, 0.3) is 0 Å². The number of aromatic hydroxyl groups is 1. The van der Waals surface area contributed by atoms with Gasteiger partial charge >= 0.3 is 5.97 Å². The molecule has 0 saturated heterocycles. The second-order valence-electron chi connectivity index (χ2n) is 3.99. The number of hydrogen-bond donors (Lipinski definition) is 1. The van der Waals surface area contributed by atoms with E-state index < -0.39 is 11.7 Å². The minimum absolute atomic E-state index is 0.0418. The van der Waals surface area contributed by atoms with E-state index in [0.717, 1.165) is 6.42 Å². The van der Waals surface area contributed by atoms with E-state index in [-0.39, 0.29) is 33.2 Å². The Kier molecular flexibility index (Phi) is 5.57. The van der Waals surface area contributed by atoms with Crippen LogP contribution in [0.15, 0.2) is 6.07 Å². The average Bonchev–Trinajstić information content (AvgIpc) is 2.33. The third-order valence-corrected chi connectivity index (χ3v) is 3.62. The van der Waals surface area contributed by atoms with Gasteiger partial charge in [0.15, 0.2) is 0 Å². The minimum atomic E-state index is -0.734. The van der Waals surface area contributed by atoms with Crippen LogP contribution in [0.3, 0.4) is 0 Å². The molecule has 6 heteroatoms. The molecular weight excluding hydrogens is 298 g/mol. The number of phenolic OH excluding ortho intramolecular Hbond substituents is 1. The van der Waals surface area contributed by atoms with Gasteiger partial charge in [0.25, 0.3) is 0 Å². The van der Waals surface area contributed by atoms with E-state index in [0.29, 0.717) is 0 Å². The smallest absolute Gasteiger partial charge is 0.343 e. The molecule has 1 aromatic carbocycles. The predicted octanol–water partition coefficient (Wildman–Crippen LogP) is 4.56. The van der Waals surface area contributed by atoms with Gasteiger partial charge in [-0.25, -0.2) is 4.79 Å². The summed E-state index contributed by atoms with van der Waals surface area (Å²) in [5.41, 5.74) is -0.197. The molecule has 0 fully saturated rings. The maximum Gasteiger partial charge on any atom is 0.343 e. The van der Waals surface area contributed by atoms with Crippen LogP contribution < -0.4 is 0 Å². The largest absolute Gasteiger partial charge is 0.505 e. The van der Waals surface area contributed by atoms with E-state index >= 15 is 0 Å². The molecule has 0 amide bonds. The van der Waals surface area contributed by atoms with Crippen LogP contribution in [0.4, 0.5) is 0 Å². The highest BCUT2D eigenvalue weighted by molar-refractivity contribution is 6.45. The second kappa shape index (κ2) is 6.50. The lowest BCUT2D eigenvalue weighted by molar-refractivity contribution is 0.0444. The first-order valence-electron chi connectivity index (χ1n) is 5.42. The van der Waals surface area contributed by atoms with Crippen molar-refractivity contribution >= 4 is 40.8 Å². The Bertz CT molecular complexity index is 434. The van der Waals surface area contributed by atoms with Crippen molar-refractivity contribution in [1.29, 1.82) is 0 Å². The monoisotopic (exact) mass is 310 g/mol. The minimum Gasteiger partial charge on any atom is -0.505 e. The second-order valence-corrected chi connectivity index (χ2v) is 5.18. The van der Waals surface area contributed by atoms with Gasteiger partial charge in [-0.2, -0.15) is 0 Å². The highest BCUT2D eigenvalue weighted by Crippen LogP contribution is 2.38. The molecule has 0 heterocycles. The van der Waals surface area contributed by atoms with Crippen LogP contribution in [-0.4, -0.2) is 17.7 Å². The molecular formula is C12H13Cl3O3. The maximum absolute atomic E-state index is 11.8. The molecule has 0 saturated carbocycles. The van der Waals surface area contributed by atoms with Crippen molar-refractivity contribution in [2.45, 2.75) is 20.3 Å². The Labute approximate surface area is 121 Å². The molecule has 1 N–H and O–H groups in total. The van der Waals surface area contributed by atoms with Crippen LogP contribution >= 0.6 is 34.8 Å². The Morgan fingerprint density at radius 3 is 2.56 bits per heavy atom. The van der Waals surface area contributed by atoms with E-state index in [4.69, 9.17) is 39.5 Å². The normalized spacial score (nSPS) is 12.3. The topological polar surface area (TPSA) is 46.5 Å². The number of hydrogen-bond acceptors (Lipinski definition) is 3. The summed E-state index contributed by atoms with van der Waals surface area (Å²) < 4.78 is 5.05. The highest BCUT2D eigenvalue weighted by Gasteiger charge is 2.22. The molecule has 3 nitrogen and oxygen atoms in total. The van der Waals surface area contributed by atoms with Gasteiger partial charge in [-0.05, 0) is 12.0 Å². The third kappa shape index (κ3) is 3.44. The molecule has 0 bridgehead atoms. The van der Waals surface area contributed by atoms with Crippen molar-refractivity contribution in [3.8, 4) is 5.75 Å². The summed E-state index contributed by atoms with van der Waals surface area (Å²) in [5, 5.41) is 9.71. The molecule has 18 heavy (non-hydrogen) atoms. The fourth-order valence-electron chi connectivity index (χ4n) is 1.18. The maximum atomic E-state index is 11.8. The molecule has 0 aromatic heterocycles.